The van der Waals surface area contributed by atoms with Gasteiger partial charge in [-0.15, -0.1) is 24.0 Å². The van der Waals surface area contributed by atoms with Crippen LogP contribution in [0.3, 0.4) is 0 Å². The first-order chi connectivity index (χ1) is 11.6. The molecule has 25 heavy (non-hydrogen) atoms. The molecule has 2 rings (SSSR count). The molecule has 0 aliphatic heterocycles. The molecule has 0 bridgehead atoms. The number of nitrogens with one attached hydrogen (secondary N) is 1. The number of hydrogen-bond acceptors (Lipinski definition) is 3. The summed E-state index contributed by atoms with van der Waals surface area (Å²) in [7, 11) is 1.64. The normalized spacial score (nSPS) is 10.8. The van der Waals surface area contributed by atoms with E-state index < -0.39 is 0 Å². The first kappa shape index (κ1) is 21.1. The Hall–Kier alpha value is -1.96. The van der Waals surface area contributed by atoms with Crippen LogP contribution in [0.1, 0.15) is 17.5 Å². The van der Waals surface area contributed by atoms with Crippen molar-refractivity contribution < 1.29 is 9.47 Å². The summed E-state index contributed by atoms with van der Waals surface area (Å²) in [5.41, 5.74) is 9.26. The van der Waals surface area contributed by atoms with Gasteiger partial charge in [-0.1, -0.05) is 6.07 Å². The maximum absolute atomic E-state index is 5.92. The van der Waals surface area contributed by atoms with Crippen molar-refractivity contribution in [2.24, 2.45) is 10.7 Å². The van der Waals surface area contributed by atoms with Gasteiger partial charge in [0.05, 0.1) is 13.7 Å². The van der Waals surface area contributed by atoms with Gasteiger partial charge in [-0.25, -0.2) is 0 Å². The third-order valence-corrected chi connectivity index (χ3v) is 3.41. The Morgan fingerprint density at radius 3 is 2.24 bits per heavy atom. The molecule has 2 aromatic carbocycles. The molecule has 0 aromatic heterocycles. The van der Waals surface area contributed by atoms with Crippen molar-refractivity contribution in [2.75, 3.05) is 25.6 Å². The highest BCUT2D eigenvalue weighted by Crippen LogP contribution is 2.17. The number of ether oxygens (including phenoxy) is 2. The van der Waals surface area contributed by atoms with Crippen molar-refractivity contribution in [3.63, 3.8) is 0 Å². The molecule has 0 spiro atoms. The van der Waals surface area contributed by atoms with E-state index in [0.717, 1.165) is 23.6 Å². The molecule has 2 aromatic rings. The van der Waals surface area contributed by atoms with Gasteiger partial charge in [-0.2, -0.15) is 0 Å². The Morgan fingerprint density at radius 1 is 1.04 bits per heavy atom. The lowest BCUT2D eigenvalue weighted by Gasteiger charge is -2.08. The van der Waals surface area contributed by atoms with E-state index in [9.17, 15) is 0 Å². The van der Waals surface area contributed by atoms with Gasteiger partial charge in [-0.05, 0) is 61.4 Å². The summed E-state index contributed by atoms with van der Waals surface area (Å²) in [5, 5.41) is 3.12. The van der Waals surface area contributed by atoms with Crippen molar-refractivity contribution in [3.05, 3.63) is 53.6 Å². The molecule has 0 radical (unpaired) electrons. The maximum Gasteiger partial charge on any atom is 0.193 e. The van der Waals surface area contributed by atoms with Gasteiger partial charge >= 0.3 is 0 Å². The van der Waals surface area contributed by atoms with Crippen LogP contribution in [-0.4, -0.2) is 26.2 Å². The highest BCUT2D eigenvalue weighted by atomic mass is 127. The predicted octanol–water partition coefficient (Wildman–Crippen LogP) is 4.13. The fourth-order valence-corrected chi connectivity index (χ4v) is 2.36. The van der Waals surface area contributed by atoms with E-state index in [1.807, 2.05) is 36.4 Å². The van der Waals surface area contributed by atoms with Crippen molar-refractivity contribution in [2.45, 2.75) is 20.3 Å². The molecule has 0 unspecified atom stereocenters. The quantitative estimate of drug-likeness (QED) is 0.285. The summed E-state index contributed by atoms with van der Waals surface area (Å²) in [4.78, 5) is 4.32. The first-order valence-corrected chi connectivity index (χ1v) is 7.99. The number of benzene rings is 2. The van der Waals surface area contributed by atoms with E-state index in [1.54, 1.807) is 7.11 Å². The van der Waals surface area contributed by atoms with Gasteiger partial charge in [-0.3, -0.25) is 4.99 Å². The highest BCUT2D eigenvalue weighted by molar-refractivity contribution is 14.0. The van der Waals surface area contributed by atoms with E-state index in [2.05, 4.69) is 30.2 Å². The molecule has 5 nitrogen and oxygen atoms in total. The average molecular weight is 455 g/mol. The Balaban J connectivity index is 0.00000312. The number of guanidine groups is 1. The first-order valence-electron chi connectivity index (χ1n) is 7.99. The topological polar surface area (TPSA) is 68.9 Å². The largest absolute Gasteiger partial charge is 0.497 e. The minimum absolute atomic E-state index is 0. The van der Waals surface area contributed by atoms with Crippen LogP contribution in [0.25, 0.3) is 0 Å². The Kier molecular flexibility index (Phi) is 9.12. The standard InChI is InChI=1S/C19H25N3O2.HI/c1-14-11-15(2)13-16(12-14)22-19(20)21-9-4-10-24-18-7-5-17(23-3)6-8-18;/h5-8,11-13H,4,9-10H2,1-3H3,(H3,20,21,22);1H. The average Bonchev–Trinajstić information content (AvgIpc) is 2.54. The number of aryl methyl sites for hydroxylation is 2. The number of aliphatic imine (C=N–C) groups is 1. The molecule has 0 heterocycles. The van der Waals surface area contributed by atoms with Gasteiger partial charge in [0.25, 0.3) is 0 Å². The van der Waals surface area contributed by atoms with E-state index in [0.29, 0.717) is 19.1 Å². The summed E-state index contributed by atoms with van der Waals surface area (Å²) in [6.07, 6.45) is 0.793. The molecule has 0 aliphatic carbocycles. The van der Waals surface area contributed by atoms with Gasteiger partial charge in [0, 0.05) is 18.7 Å². The number of rotatable bonds is 7. The summed E-state index contributed by atoms with van der Waals surface area (Å²) < 4.78 is 10.8. The maximum atomic E-state index is 5.92. The molecule has 6 heteroatoms. The predicted molar refractivity (Wildman–Crippen MR) is 115 cm³/mol. The lowest BCUT2D eigenvalue weighted by molar-refractivity contribution is 0.313. The molecular formula is C19H26IN3O2. The second kappa shape index (κ2) is 10.8. The van der Waals surface area contributed by atoms with Crippen molar-refractivity contribution in [3.8, 4) is 11.5 Å². The molecule has 0 amide bonds. The zero-order valence-electron chi connectivity index (χ0n) is 14.9. The van der Waals surface area contributed by atoms with Crippen LogP contribution in [-0.2, 0) is 0 Å². The summed E-state index contributed by atoms with van der Waals surface area (Å²) in [5.74, 6) is 2.06. The number of nitrogens with zero attached hydrogens (tertiary/aromatic N) is 1. The van der Waals surface area contributed by atoms with Crippen LogP contribution in [0.4, 0.5) is 5.69 Å². The van der Waals surface area contributed by atoms with E-state index >= 15 is 0 Å². The molecule has 136 valence electrons. The van der Waals surface area contributed by atoms with Crippen LogP contribution in [0.5, 0.6) is 11.5 Å². The fraction of sp³-hybridized carbons (Fsp3) is 0.316. The Morgan fingerprint density at radius 2 is 1.64 bits per heavy atom. The van der Waals surface area contributed by atoms with Gasteiger partial charge in [0.15, 0.2) is 5.96 Å². The number of nitrogens with two attached hydrogens (primary N) is 1. The molecule has 0 aliphatic rings. The summed E-state index contributed by atoms with van der Waals surface area (Å²) in [6, 6.07) is 13.7. The third kappa shape index (κ3) is 7.64. The zero-order chi connectivity index (χ0) is 17.4. The lowest BCUT2D eigenvalue weighted by atomic mass is 10.1. The number of methoxy groups -OCH3 is 1. The van der Waals surface area contributed by atoms with Crippen molar-refractivity contribution in [1.29, 1.82) is 0 Å². The summed E-state index contributed by atoms with van der Waals surface area (Å²) >= 11 is 0. The highest BCUT2D eigenvalue weighted by Gasteiger charge is 1.98. The monoisotopic (exact) mass is 455 g/mol. The van der Waals surface area contributed by atoms with Gasteiger partial charge < -0.3 is 20.5 Å². The van der Waals surface area contributed by atoms with Crippen LogP contribution in [0, 0.1) is 13.8 Å². The van der Waals surface area contributed by atoms with Crippen LogP contribution < -0.4 is 20.5 Å². The SMILES string of the molecule is COc1ccc(OCCCN=C(N)Nc2cc(C)cc(C)c2)cc1.I. The molecule has 0 fully saturated rings. The second-order valence-electron chi connectivity index (χ2n) is 5.65. The van der Waals surface area contributed by atoms with Crippen LogP contribution in [0.15, 0.2) is 47.5 Å². The molecule has 0 saturated carbocycles. The summed E-state index contributed by atoms with van der Waals surface area (Å²) in [6.45, 7) is 5.32. The third-order valence-electron chi connectivity index (χ3n) is 3.41. The van der Waals surface area contributed by atoms with Crippen LogP contribution >= 0.6 is 24.0 Å². The number of halogens is 1. The van der Waals surface area contributed by atoms with E-state index in [4.69, 9.17) is 15.2 Å². The lowest BCUT2D eigenvalue weighted by Crippen LogP contribution is -2.23. The zero-order valence-corrected chi connectivity index (χ0v) is 17.2. The van der Waals surface area contributed by atoms with Gasteiger partial charge in [0.2, 0.25) is 0 Å². The Bertz CT molecular complexity index is 667. The minimum atomic E-state index is 0. The smallest absolute Gasteiger partial charge is 0.193 e. The molecular weight excluding hydrogens is 429 g/mol. The van der Waals surface area contributed by atoms with E-state index in [1.165, 1.54) is 11.1 Å². The van der Waals surface area contributed by atoms with E-state index in [-0.39, 0.29) is 24.0 Å². The Labute approximate surface area is 166 Å². The van der Waals surface area contributed by atoms with Crippen LogP contribution in [0.2, 0.25) is 0 Å². The molecule has 3 N–H and O–H groups in total. The van der Waals surface area contributed by atoms with Crippen molar-refractivity contribution in [1.82, 2.24) is 0 Å². The van der Waals surface area contributed by atoms with Crippen molar-refractivity contribution >= 4 is 35.6 Å². The minimum Gasteiger partial charge on any atom is -0.497 e. The molecule has 0 saturated heterocycles. The molecule has 0 atom stereocenters. The number of anilines is 1. The second-order valence-corrected chi connectivity index (χ2v) is 5.65. The number of hydrogen-bond donors (Lipinski definition) is 2. The fourth-order valence-electron chi connectivity index (χ4n) is 2.36. The van der Waals surface area contributed by atoms with Gasteiger partial charge in [0.1, 0.15) is 11.5 Å².